The Morgan fingerprint density at radius 2 is 1.91 bits per heavy atom. The van der Waals surface area contributed by atoms with E-state index in [1.165, 1.54) is 25.3 Å². The maximum Gasteiger partial charge on any atom is 0.312 e. The maximum atomic E-state index is 12.4. The molecule has 0 aliphatic rings. The summed E-state index contributed by atoms with van der Waals surface area (Å²) in [5.74, 6) is -0.0170. The van der Waals surface area contributed by atoms with Crippen molar-refractivity contribution in [2.75, 3.05) is 11.8 Å². The van der Waals surface area contributed by atoms with E-state index >= 15 is 0 Å². The van der Waals surface area contributed by atoms with Gasteiger partial charge in [0.25, 0.3) is 10.0 Å². The van der Waals surface area contributed by atoms with E-state index in [1.807, 2.05) is 0 Å². The normalized spacial score (nSPS) is 11.1. The fourth-order valence-corrected chi connectivity index (χ4v) is 3.30. The first-order valence-electron chi connectivity index (χ1n) is 6.36. The van der Waals surface area contributed by atoms with Gasteiger partial charge in [-0.05, 0) is 42.8 Å². The molecule has 23 heavy (non-hydrogen) atoms. The van der Waals surface area contributed by atoms with Crippen LogP contribution in [0.4, 0.5) is 11.4 Å². The number of rotatable bonds is 5. The van der Waals surface area contributed by atoms with Crippen LogP contribution in [0.15, 0.2) is 41.3 Å². The van der Waals surface area contributed by atoms with Crippen molar-refractivity contribution in [3.63, 3.8) is 0 Å². The number of hydrogen-bond acceptors (Lipinski definition) is 5. The highest BCUT2D eigenvalue weighted by atomic mass is 35.5. The molecule has 0 atom stereocenters. The number of sulfonamides is 1. The summed E-state index contributed by atoms with van der Waals surface area (Å²) in [6, 6.07) is 8.10. The fraction of sp³-hybridized carbons (Fsp3) is 0.143. The Hall–Kier alpha value is -2.32. The molecule has 0 bridgehead atoms. The van der Waals surface area contributed by atoms with Crippen LogP contribution in [-0.4, -0.2) is 20.5 Å². The van der Waals surface area contributed by atoms with Crippen molar-refractivity contribution >= 4 is 33.0 Å². The van der Waals surface area contributed by atoms with Gasteiger partial charge >= 0.3 is 5.69 Å². The average Bonchev–Trinajstić information content (AvgIpc) is 2.49. The summed E-state index contributed by atoms with van der Waals surface area (Å²) in [7, 11) is -2.71. The van der Waals surface area contributed by atoms with Crippen LogP contribution in [0.3, 0.4) is 0 Å². The average molecular weight is 357 g/mol. The molecule has 0 saturated carbocycles. The molecule has 0 aliphatic heterocycles. The van der Waals surface area contributed by atoms with Crippen LogP contribution in [-0.2, 0) is 10.0 Å². The summed E-state index contributed by atoms with van der Waals surface area (Å²) in [6.07, 6.45) is 0. The highest BCUT2D eigenvalue weighted by Crippen LogP contribution is 2.30. The number of methoxy groups -OCH3 is 1. The standard InChI is InChI=1S/C14H13ClN2O5S/c1-9-7-10(15)3-5-12(9)16-23(20,21)11-4-6-14(22-2)13(8-11)17(18)19/h3-8,16H,1-2H3. The van der Waals surface area contributed by atoms with Gasteiger partial charge < -0.3 is 4.74 Å². The van der Waals surface area contributed by atoms with Gasteiger partial charge in [0.1, 0.15) is 0 Å². The van der Waals surface area contributed by atoms with E-state index in [9.17, 15) is 18.5 Å². The number of hydrogen-bond donors (Lipinski definition) is 1. The number of halogens is 1. The molecule has 9 heteroatoms. The van der Waals surface area contributed by atoms with Crippen molar-refractivity contribution in [1.29, 1.82) is 0 Å². The molecule has 0 heterocycles. The van der Waals surface area contributed by atoms with E-state index in [2.05, 4.69) is 4.72 Å². The van der Waals surface area contributed by atoms with E-state index in [0.717, 1.165) is 6.07 Å². The molecule has 7 nitrogen and oxygen atoms in total. The highest BCUT2D eigenvalue weighted by Gasteiger charge is 2.22. The highest BCUT2D eigenvalue weighted by molar-refractivity contribution is 7.92. The van der Waals surface area contributed by atoms with Crippen molar-refractivity contribution in [2.24, 2.45) is 0 Å². The van der Waals surface area contributed by atoms with Crippen molar-refractivity contribution in [2.45, 2.75) is 11.8 Å². The third kappa shape index (κ3) is 3.72. The molecule has 0 aromatic heterocycles. The topological polar surface area (TPSA) is 98.5 Å². The van der Waals surface area contributed by atoms with Crippen LogP contribution in [0, 0.1) is 17.0 Å². The first kappa shape index (κ1) is 17.0. The molecule has 0 aliphatic carbocycles. The molecule has 2 aromatic rings. The predicted molar refractivity (Wildman–Crippen MR) is 86.6 cm³/mol. The molecule has 0 unspecified atom stereocenters. The minimum Gasteiger partial charge on any atom is -0.490 e. The Labute approximate surface area is 138 Å². The molecule has 0 fully saturated rings. The van der Waals surface area contributed by atoms with Gasteiger partial charge in [0, 0.05) is 11.1 Å². The van der Waals surface area contributed by atoms with Crippen molar-refractivity contribution in [3.05, 3.63) is 57.1 Å². The molecular formula is C14H13ClN2O5S. The van der Waals surface area contributed by atoms with Gasteiger partial charge in [-0.2, -0.15) is 0 Å². The van der Waals surface area contributed by atoms with Crippen molar-refractivity contribution in [3.8, 4) is 5.75 Å². The van der Waals surface area contributed by atoms with Crippen LogP contribution in [0.25, 0.3) is 0 Å². The zero-order chi connectivity index (χ0) is 17.2. The number of ether oxygens (including phenoxy) is 1. The Bertz CT molecular complexity index is 867. The fourth-order valence-electron chi connectivity index (χ4n) is 1.92. The van der Waals surface area contributed by atoms with Crippen LogP contribution >= 0.6 is 11.6 Å². The van der Waals surface area contributed by atoms with Gasteiger partial charge in [0.05, 0.1) is 22.6 Å². The van der Waals surface area contributed by atoms with Crippen LogP contribution in [0.2, 0.25) is 5.02 Å². The number of benzene rings is 2. The van der Waals surface area contributed by atoms with Gasteiger partial charge in [-0.25, -0.2) is 8.42 Å². The summed E-state index contributed by atoms with van der Waals surface area (Å²) in [4.78, 5) is 10.1. The van der Waals surface area contributed by atoms with Crippen LogP contribution in [0.1, 0.15) is 5.56 Å². The van der Waals surface area contributed by atoms with E-state index in [1.54, 1.807) is 19.1 Å². The lowest BCUT2D eigenvalue weighted by Crippen LogP contribution is -2.14. The zero-order valence-electron chi connectivity index (χ0n) is 12.2. The van der Waals surface area contributed by atoms with Gasteiger partial charge in [-0.1, -0.05) is 11.6 Å². The van der Waals surface area contributed by atoms with E-state index in [0.29, 0.717) is 16.3 Å². The first-order valence-corrected chi connectivity index (χ1v) is 8.22. The molecule has 0 spiro atoms. The van der Waals surface area contributed by atoms with E-state index < -0.39 is 20.6 Å². The Morgan fingerprint density at radius 3 is 2.48 bits per heavy atom. The molecule has 0 amide bonds. The Balaban J connectivity index is 2.43. The summed E-state index contributed by atoms with van der Waals surface area (Å²) in [5.41, 5.74) is 0.542. The predicted octanol–water partition coefficient (Wildman–Crippen LogP) is 3.37. The first-order chi connectivity index (χ1) is 10.7. The lowest BCUT2D eigenvalue weighted by atomic mass is 10.2. The lowest BCUT2D eigenvalue weighted by Gasteiger charge is -2.11. The lowest BCUT2D eigenvalue weighted by molar-refractivity contribution is -0.386. The summed E-state index contributed by atoms with van der Waals surface area (Å²) >= 11 is 5.83. The second-order valence-electron chi connectivity index (χ2n) is 4.66. The maximum absolute atomic E-state index is 12.4. The third-order valence-corrected chi connectivity index (χ3v) is 4.69. The van der Waals surface area contributed by atoms with E-state index in [4.69, 9.17) is 16.3 Å². The van der Waals surface area contributed by atoms with Crippen molar-refractivity contribution in [1.82, 2.24) is 0 Å². The van der Waals surface area contributed by atoms with E-state index in [-0.39, 0.29) is 10.6 Å². The second kappa shape index (κ2) is 6.43. The second-order valence-corrected chi connectivity index (χ2v) is 6.77. The molecule has 0 radical (unpaired) electrons. The van der Waals surface area contributed by atoms with Gasteiger partial charge in [0.15, 0.2) is 5.75 Å². The SMILES string of the molecule is COc1ccc(S(=O)(=O)Nc2ccc(Cl)cc2C)cc1[N+](=O)[O-]. The van der Waals surface area contributed by atoms with Crippen molar-refractivity contribution < 1.29 is 18.1 Å². The zero-order valence-corrected chi connectivity index (χ0v) is 13.8. The summed E-state index contributed by atoms with van der Waals surface area (Å²) in [5, 5.41) is 11.5. The Kier molecular flexibility index (Phi) is 4.76. The quantitative estimate of drug-likeness (QED) is 0.654. The third-order valence-electron chi connectivity index (χ3n) is 3.09. The molecule has 0 saturated heterocycles. The minimum absolute atomic E-state index is 0.0170. The van der Waals surface area contributed by atoms with Crippen LogP contribution in [0.5, 0.6) is 5.75 Å². The van der Waals surface area contributed by atoms with Gasteiger partial charge in [-0.3, -0.25) is 14.8 Å². The molecule has 2 rings (SSSR count). The Morgan fingerprint density at radius 1 is 1.22 bits per heavy atom. The summed E-state index contributed by atoms with van der Waals surface area (Å²) < 4.78 is 32.0. The number of nitrogens with one attached hydrogen (secondary N) is 1. The minimum atomic E-state index is -3.98. The number of nitrogens with zero attached hydrogens (tertiary/aromatic N) is 1. The van der Waals surface area contributed by atoms with Gasteiger partial charge in [0.2, 0.25) is 0 Å². The number of nitro groups is 1. The molecule has 122 valence electrons. The largest absolute Gasteiger partial charge is 0.490 e. The number of aryl methyl sites for hydroxylation is 1. The number of anilines is 1. The number of nitro benzene ring substituents is 1. The molecule has 2 aromatic carbocycles. The van der Waals surface area contributed by atoms with Crippen LogP contribution < -0.4 is 9.46 Å². The smallest absolute Gasteiger partial charge is 0.312 e. The summed E-state index contributed by atoms with van der Waals surface area (Å²) in [6.45, 7) is 1.69. The monoisotopic (exact) mass is 356 g/mol. The molecule has 1 N–H and O–H groups in total. The molecular weight excluding hydrogens is 344 g/mol. The van der Waals surface area contributed by atoms with Gasteiger partial charge in [-0.15, -0.1) is 0 Å².